The Hall–Kier alpha value is -2.19. The molecular weight excluding hydrogens is 368 g/mol. The Morgan fingerprint density at radius 1 is 1.09 bits per heavy atom. The van der Waals surface area contributed by atoms with Crippen molar-refractivity contribution in [3.8, 4) is 5.82 Å². The molecule has 2 aromatic heterocycles. The number of sulfonamides is 1. The smallest absolute Gasteiger partial charge is 0.261 e. The van der Waals surface area contributed by atoms with Crippen LogP contribution in [0.2, 0.25) is 0 Å². The Labute approximate surface area is 136 Å². The minimum atomic E-state index is -3.63. The molecule has 0 saturated carbocycles. The molecule has 0 radical (unpaired) electrons. The minimum Gasteiger partial charge on any atom is -0.291 e. The molecule has 0 aliphatic heterocycles. The van der Waals surface area contributed by atoms with Gasteiger partial charge in [0.05, 0.1) is 16.8 Å². The number of nitrogens with zero attached hydrogens (tertiary/aromatic N) is 3. The van der Waals surface area contributed by atoms with E-state index in [1.807, 2.05) is 0 Å². The van der Waals surface area contributed by atoms with Crippen molar-refractivity contribution >= 4 is 31.6 Å². The Kier molecular flexibility index (Phi) is 3.95. The van der Waals surface area contributed by atoms with E-state index in [0.29, 0.717) is 11.5 Å². The van der Waals surface area contributed by atoms with Crippen LogP contribution in [0.25, 0.3) is 5.82 Å². The second kappa shape index (κ2) is 5.90. The third kappa shape index (κ3) is 3.18. The molecule has 1 N–H and O–H groups in total. The highest BCUT2D eigenvalue weighted by atomic mass is 79.9. The highest BCUT2D eigenvalue weighted by Gasteiger charge is 2.14. The number of benzene rings is 1. The zero-order valence-electron chi connectivity index (χ0n) is 11.2. The lowest BCUT2D eigenvalue weighted by Crippen LogP contribution is -2.13. The van der Waals surface area contributed by atoms with E-state index in [-0.39, 0.29) is 4.90 Å². The largest absolute Gasteiger partial charge is 0.291 e. The lowest BCUT2D eigenvalue weighted by Gasteiger charge is -2.08. The van der Waals surface area contributed by atoms with E-state index in [4.69, 9.17) is 0 Å². The molecule has 3 aromatic rings. The van der Waals surface area contributed by atoms with Crippen LogP contribution < -0.4 is 4.72 Å². The number of imidazole rings is 1. The molecule has 8 heteroatoms. The van der Waals surface area contributed by atoms with Crippen molar-refractivity contribution in [1.29, 1.82) is 0 Å². The van der Waals surface area contributed by atoms with E-state index in [0.717, 1.165) is 4.47 Å². The first-order chi connectivity index (χ1) is 10.5. The predicted molar refractivity (Wildman–Crippen MR) is 86.3 cm³/mol. The molecule has 0 unspecified atom stereocenters. The molecule has 6 nitrogen and oxygen atoms in total. The van der Waals surface area contributed by atoms with E-state index in [2.05, 4.69) is 30.6 Å². The summed E-state index contributed by atoms with van der Waals surface area (Å²) in [4.78, 5) is 8.33. The SMILES string of the molecule is O=S(=O)(Nc1ccc(-n2ccnc2)nc1)c1ccc(Br)cc1. The maximum Gasteiger partial charge on any atom is 0.261 e. The summed E-state index contributed by atoms with van der Waals surface area (Å²) in [5.41, 5.74) is 0.395. The first kappa shape index (κ1) is 14.7. The fourth-order valence-electron chi connectivity index (χ4n) is 1.82. The predicted octanol–water partition coefficient (Wildman–Crippen LogP) is 2.83. The summed E-state index contributed by atoms with van der Waals surface area (Å²) in [5.74, 6) is 0.657. The van der Waals surface area contributed by atoms with Crippen LogP contribution >= 0.6 is 15.9 Å². The number of anilines is 1. The molecule has 112 valence electrons. The molecule has 0 saturated heterocycles. The lowest BCUT2D eigenvalue weighted by atomic mass is 10.4. The highest BCUT2D eigenvalue weighted by molar-refractivity contribution is 9.10. The highest BCUT2D eigenvalue weighted by Crippen LogP contribution is 2.18. The third-order valence-corrected chi connectivity index (χ3v) is 4.82. The summed E-state index contributed by atoms with van der Waals surface area (Å²) >= 11 is 3.27. The molecule has 3 rings (SSSR count). The molecule has 2 heterocycles. The summed E-state index contributed by atoms with van der Waals surface area (Å²) in [6.45, 7) is 0. The number of hydrogen-bond donors (Lipinski definition) is 1. The van der Waals surface area contributed by atoms with Gasteiger partial charge in [0.25, 0.3) is 10.0 Å². The third-order valence-electron chi connectivity index (χ3n) is 2.89. The Morgan fingerprint density at radius 3 is 2.45 bits per heavy atom. The average Bonchev–Trinajstić information content (AvgIpc) is 3.02. The van der Waals surface area contributed by atoms with Crippen molar-refractivity contribution in [3.63, 3.8) is 0 Å². The van der Waals surface area contributed by atoms with Crippen molar-refractivity contribution in [2.24, 2.45) is 0 Å². The van der Waals surface area contributed by atoms with E-state index in [1.165, 1.54) is 18.3 Å². The second-order valence-electron chi connectivity index (χ2n) is 4.43. The van der Waals surface area contributed by atoms with Crippen molar-refractivity contribution in [2.45, 2.75) is 4.90 Å². The Morgan fingerprint density at radius 2 is 1.86 bits per heavy atom. The Balaban J connectivity index is 1.82. The van der Waals surface area contributed by atoms with Crippen molar-refractivity contribution < 1.29 is 8.42 Å². The zero-order chi connectivity index (χ0) is 15.6. The van der Waals surface area contributed by atoms with Crippen LogP contribution in [-0.4, -0.2) is 23.0 Å². The zero-order valence-corrected chi connectivity index (χ0v) is 13.6. The monoisotopic (exact) mass is 378 g/mol. The maximum atomic E-state index is 12.3. The van der Waals surface area contributed by atoms with Crippen molar-refractivity contribution in [1.82, 2.24) is 14.5 Å². The molecule has 0 bridgehead atoms. The van der Waals surface area contributed by atoms with Crippen LogP contribution in [0.15, 0.2) is 70.7 Å². The summed E-state index contributed by atoms with van der Waals surface area (Å²) in [5, 5.41) is 0. The van der Waals surface area contributed by atoms with Gasteiger partial charge in [-0.25, -0.2) is 18.4 Å². The summed E-state index contributed by atoms with van der Waals surface area (Å²) in [6, 6.07) is 9.77. The number of rotatable bonds is 4. The average molecular weight is 379 g/mol. The number of hydrogen-bond acceptors (Lipinski definition) is 4. The van der Waals surface area contributed by atoms with Crippen LogP contribution in [0.3, 0.4) is 0 Å². The fourth-order valence-corrected chi connectivity index (χ4v) is 3.13. The standard InChI is InChI=1S/C14H11BrN4O2S/c15-11-1-4-13(5-2-11)22(20,21)18-12-3-6-14(17-9-12)19-8-7-16-10-19/h1-10,18H. The minimum absolute atomic E-state index is 0.189. The lowest BCUT2D eigenvalue weighted by molar-refractivity contribution is 0.601. The van der Waals surface area contributed by atoms with Gasteiger partial charge in [0.1, 0.15) is 12.1 Å². The van der Waals surface area contributed by atoms with Gasteiger partial charge in [-0.1, -0.05) is 15.9 Å². The summed E-state index contributed by atoms with van der Waals surface area (Å²) < 4.78 is 29.6. The first-order valence-electron chi connectivity index (χ1n) is 6.27. The van der Waals surface area contributed by atoms with Crippen LogP contribution in [-0.2, 0) is 10.0 Å². The maximum absolute atomic E-state index is 12.3. The normalized spacial score (nSPS) is 11.3. The van der Waals surface area contributed by atoms with Gasteiger partial charge in [-0.3, -0.25) is 9.29 Å². The second-order valence-corrected chi connectivity index (χ2v) is 7.03. The van der Waals surface area contributed by atoms with E-state index >= 15 is 0 Å². The number of pyridine rings is 1. The fraction of sp³-hybridized carbons (Fsp3) is 0. The van der Waals surface area contributed by atoms with Crippen molar-refractivity contribution in [3.05, 3.63) is 65.8 Å². The van der Waals surface area contributed by atoms with Gasteiger partial charge < -0.3 is 0 Å². The molecule has 0 atom stereocenters. The Bertz CT molecular complexity index is 860. The van der Waals surface area contributed by atoms with Crippen LogP contribution in [0.1, 0.15) is 0 Å². The molecule has 0 amide bonds. The van der Waals surface area contributed by atoms with E-state index < -0.39 is 10.0 Å². The van der Waals surface area contributed by atoms with Gasteiger partial charge in [-0.05, 0) is 36.4 Å². The topological polar surface area (TPSA) is 76.9 Å². The summed E-state index contributed by atoms with van der Waals surface area (Å²) in [6.07, 6.45) is 6.49. The van der Waals surface area contributed by atoms with Gasteiger partial charge in [-0.2, -0.15) is 0 Å². The quantitative estimate of drug-likeness (QED) is 0.756. The van der Waals surface area contributed by atoms with Gasteiger partial charge in [-0.15, -0.1) is 0 Å². The van der Waals surface area contributed by atoms with E-state index in [1.54, 1.807) is 47.6 Å². The molecule has 0 aliphatic rings. The van der Waals surface area contributed by atoms with Gasteiger partial charge >= 0.3 is 0 Å². The molecule has 0 aliphatic carbocycles. The summed E-state index contributed by atoms with van der Waals surface area (Å²) in [7, 11) is -3.63. The molecular formula is C14H11BrN4O2S. The van der Waals surface area contributed by atoms with E-state index in [9.17, 15) is 8.42 Å². The number of halogens is 1. The molecule has 22 heavy (non-hydrogen) atoms. The molecule has 0 fully saturated rings. The van der Waals surface area contributed by atoms with Crippen LogP contribution in [0.5, 0.6) is 0 Å². The number of aromatic nitrogens is 3. The molecule has 1 aromatic carbocycles. The van der Waals surface area contributed by atoms with Crippen molar-refractivity contribution in [2.75, 3.05) is 4.72 Å². The van der Waals surface area contributed by atoms with Crippen LogP contribution in [0, 0.1) is 0 Å². The molecule has 0 spiro atoms. The van der Waals surface area contributed by atoms with Crippen LogP contribution in [0.4, 0.5) is 5.69 Å². The first-order valence-corrected chi connectivity index (χ1v) is 8.55. The van der Waals surface area contributed by atoms with Gasteiger partial charge in [0, 0.05) is 16.9 Å². The van der Waals surface area contributed by atoms with Gasteiger partial charge in [0.2, 0.25) is 0 Å². The number of nitrogens with one attached hydrogen (secondary N) is 1. The van der Waals surface area contributed by atoms with Gasteiger partial charge in [0.15, 0.2) is 0 Å².